The fourth-order valence-electron chi connectivity index (χ4n) is 2.62. The van der Waals surface area contributed by atoms with Crippen molar-refractivity contribution in [1.82, 2.24) is 0 Å². The summed E-state index contributed by atoms with van der Waals surface area (Å²) in [4.78, 5) is 24.4. The first kappa shape index (κ1) is 23.9. The van der Waals surface area contributed by atoms with Crippen LogP contribution in [0.3, 0.4) is 0 Å². The van der Waals surface area contributed by atoms with Gasteiger partial charge in [0.25, 0.3) is 0 Å². The van der Waals surface area contributed by atoms with E-state index in [0.717, 1.165) is 11.1 Å². The highest BCUT2D eigenvalue weighted by atomic mass is 35.5. The Labute approximate surface area is 205 Å². The maximum absolute atomic E-state index is 12.2. The summed E-state index contributed by atoms with van der Waals surface area (Å²) in [5.41, 5.74) is 2.54. The van der Waals surface area contributed by atoms with E-state index in [9.17, 15) is 9.59 Å². The summed E-state index contributed by atoms with van der Waals surface area (Å²) < 4.78 is 0. The molecule has 8 heteroatoms. The van der Waals surface area contributed by atoms with Crippen LogP contribution in [0.4, 0.5) is 11.4 Å². The molecule has 0 aliphatic carbocycles. The monoisotopic (exact) mass is 504 g/mol. The third kappa shape index (κ3) is 7.14. The maximum Gasteiger partial charge on any atom is 0.248 e. The van der Waals surface area contributed by atoms with E-state index in [1.807, 2.05) is 0 Å². The molecule has 0 spiro atoms. The highest BCUT2D eigenvalue weighted by Crippen LogP contribution is 2.24. The van der Waals surface area contributed by atoms with Gasteiger partial charge in [0.1, 0.15) is 0 Å². The van der Waals surface area contributed by atoms with Crippen LogP contribution in [0.15, 0.2) is 72.8 Å². The van der Waals surface area contributed by atoms with Crippen molar-refractivity contribution in [2.45, 2.75) is 0 Å². The van der Waals surface area contributed by atoms with Crippen LogP contribution in [0.1, 0.15) is 11.1 Å². The Morgan fingerprint density at radius 3 is 1.44 bits per heavy atom. The van der Waals surface area contributed by atoms with Crippen LogP contribution in [0.25, 0.3) is 12.2 Å². The van der Waals surface area contributed by atoms with Gasteiger partial charge in [-0.05, 0) is 65.7 Å². The molecule has 0 atom stereocenters. The minimum atomic E-state index is -0.334. The van der Waals surface area contributed by atoms with E-state index in [1.165, 1.54) is 12.2 Å². The smallest absolute Gasteiger partial charge is 0.248 e. The number of nitrogens with one attached hydrogen (secondary N) is 2. The second-order valence-corrected chi connectivity index (χ2v) is 8.20. The Balaban J connectivity index is 1.59. The van der Waals surface area contributed by atoms with Crippen molar-refractivity contribution in [3.05, 3.63) is 104 Å². The van der Waals surface area contributed by atoms with Gasteiger partial charge in [0.15, 0.2) is 0 Å². The van der Waals surface area contributed by atoms with Gasteiger partial charge in [0, 0.05) is 23.5 Å². The topological polar surface area (TPSA) is 58.2 Å². The predicted octanol–water partition coefficient (Wildman–Crippen LogP) is 7.60. The number of carbonyl (C=O) groups is 2. The second-order valence-electron chi connectivity index (χ2n) is 6.57. The van der Waals surface area contributed by atoms with E-state index >= 15 is 0 Å². The lowest BCUT2D eigenvalue weighted by Gasteiger charge is -2.06. The van der Waals surface area contributed by atoms with Crippen molar-refractivity contribution >= 4 is 81.7 Å². The van der Waals surface area contributed by atoms with Gasteiger partial charge in [-0.1, -0.05) is 64.6 Å². The lowest BCUT2D eigenvalue weighted by atomic mass is 10.2. The van der Waals surface area contributed by atoms with E-state index in [4.69, 9.17) is 46.4 Å². The molecular formula is C24H16Cl4N2O2. The van der Waals surface area contributed by atoms with Crippen LogP contribution in [0.2, 0.25) is 20.1 Å². The predicted molar refractivity (Wildman–Crippen MR) is 135 cm³/mol. The summed E-state index contributed by atoms with van der Waals surface area (Å²) in [6.07, 6.45) is 6.00. The fraction of sp³-hybridized carbons (Fsp3) is 0. The molecule has 0 bridgehead atoms. The number of benzene rings is 3. The maximum atomic E-state index is 12.2. The minimum absolute atomic E-state index is 0.334. The van der Waals surface area contributed by atoms with E-state index in [0.29, 0.717) is 31.5 Å². The van der Waals surface area contributed by atoms with Crippen LogP contribution in [-0.4, -0.2) is 11.8 Å². The molecular weight excluding hydrogens is 490 g/mol. The molecule has 3 aromatic carbocycles. The zero-order chi connectivity index (χ0) is 23.1. The number of amides is 2. The number of anilines is 2. The quantitative estimate of drug-likeness (QED) is 0.339. The molecule has 0 fully saturated rings. The van der Waals surface area contributed by atoms with Crippen molar-refractivity contribution in [2.75, 3.05) is 10.6 Å². The van der Waals surface area contributed by atoms with Crippen molar-refractivity contribution in [1.29, 1.82) is 0 Å². The van der Waals surface area contributed by atoms with Gasteiger partial charge in [0.2, 0.25) is 11.8 Å². The molecule has 0 unspecified atom stereocenters. The van der Waals surface area contributed by atoms with Crippen LogP contribution in [0.5, 0.6) is 0 Å². The Morgan fingerprint density at radius 2 is 1.03 bits per heavy atom. The zero-order valence-corrected chi connectivity index (χ0v) is 19.4. The van der Waals surface area contributed by atoms with E-state index in [2.05, 4.69) is 10.6 Å². The van der Waals surface area contributed by atoms with E-state index in [-0.39, 0.29) is 11.8 Å². The third-order valence-electron chi connectivity index (χ3n) is 4.14. The van der Waals surface area contributed by atoms with Crippen LogP contribution in [-0.2, 0) is 9.59 Å². The Morgan fingerprint density at radius 1 is 0.594 bits per heavy atom. The van der Waals surface area contributed by atoms with Gasteiger partial charge in [-0.15, -0.1) is 0 Å². The summed E-state index contributed by atoms with van der Waals surface area (Å²) in [6, 6.07) is 16.9. The summed E-state index contributed by atoms with van der Waals surface area (Å²) >= 11 is 23.7. The van der Waals surface area contributed by atoms with Gasteiger partial charge < -0.3 is 10.6 Å². The molecule has 0 aliphatic heterocycles. The number of hydrogen-bond acceptors (Lipinski definition) is 2. The summed E-state index contributed by atoms with van der Waals surface area (Å²) in [7, 11) is 0. The second kappa shape index (κ2) is 11.2. The molecule has 0 saturated heterocycles. The minimum Gasteiger partial charge on any atom is -0.322 e. The average Bonchev–Trinajstić information content (AvgIpc) is 2.75. The highest BCUT2D eigenvalue weighted by molar-refractivity contribution is 6.42. The molecule has 32 heavy (non-hydrogen) atoms. The van der Waals surface area contributed by atoms with Crippen LogP contribution >= 0.6 is 46.4 Å². The molecule has 3 aromatic rings. The molecule has 0 aliphatic rings. The van der Waals surface area contributed by atoms with Gasteiger partial charge in [-0.3, -0.25) is 9.59 Å². The van der Waals surface area contributed by atoms with Gasteiger partial charge in [-0.25, -0.2) is 0 Å². The zero-order valence-electron chi connectivity index (χ0n) is 16.4. The molecule has 162 valence electrons. The molecule has 0 heterocycles. The Bertz CT molecular complexity index is 1130. The first-order chi connectivity index (χ1) is 15.3. The van der Waals surface area contributed by atoms with Crippen molar-refractivity contribution in [2.24, 2.45) is 0 Å². The summed E-state index contributed by atoms with van der Waals surface area (Å²) in [5, 5.41) is 7.18. The fourth-order valence-corrected chi connectivity index (χ4v) is 3.23. The Hall–Kier alpha value is -2.76. The molecule has 2 N–H and O–H groups in total. The molecule has 0 saturated carbocycles. The van der Waals surface area contributed by atoms with E-state index < -0.39 is 0 Å². The standard InChI is InChI=1S/C24H16Cl4N2O2/c25-19-8-4-15(12-21(19)27)6-10-23(31)29-17-2-1-3-18(14-17)30-24(32)11-7-16-5-9-20(26)22(28)13-16/h1-14H,(H,29,31)(H,30,32)/b10-6+,11-7+. The SMILES string of the molecule is O=C(/C=C/c1ccc(Cl)c(Cl)c1)Nc1cccc(NC(=O)/C=C/c2ccc(Cl)c(Cl)c2)c1. The van der Waals surface area contributed by atoms with Gasteiger partial charge >= 0.3 is 0 Å². The first-order valence-electron chi connectivity index (χ1n) is 9.28. The molecule has 4 nitrogen and oxygen atoms in total. The van der Waals surface area contributed by atoms with Crippen molar-refractivity contribution < 1.29 is 9.59 Å². The first-order valence-corrected chi connectivity index (χ1v) is 10.8. The highest BCUT2D eigenvalue weighted by Gasteiger charge is 2.03. The number of rotatable bonds is 6. The average molecular weight is 506 g/mol. The van der Waals surface area contributed by atoms with E-state index in [1.54, 1.807) is 72.8 Å². The molecule has 2 amide bonds. The largest absolute Gasteiger partial charge is 0.322 e. The summed E-state index contributed by atoms with van der Waals surface area (Å²) in [6.45, 7) is 0. The van der Waals surface area contributed by atoms with Gasteiger partial charge in [-0.2, -0.15) is 0 Å². The van der Waals surface area contributed by atoms with Crippen molar-refractivity contribution in [3.8, 4) is 0 Å². The lowest BCUT2D eigenvalue weighted by molar-refractivity contribution is -0.112. The van der Waals surface area contributed by atoms with Crippen LogP contribution in [0, 0.1) is 0 Å². The number of hydrogen-bond donors (Lipinski definition) is 2. The number of halogens is 4. The molecule has 0 aromatic heterocycles. The van der Waals surface area contributed by atoms with Crippen LogP contribution < -0.4 is 10.6 Å². The normalized spacial score (nSPS) is 11.1. The summed E-state index contributed by atoms with van der Waals surface area (Å²) in [5.74, 6) is -0.668. The molecule has 0 radical (unpaired) electrons. The third-order valence-corrected chi connectivity index (χ3v) is 5.62. The lowest BCUT2D eigenvalue weighted by Crippen LogP contribution is -2.10. The van der Waals surface area contributed by atoms with Crippen molar-refractivity contribution in [3.63, 3.8) is 0 Å². The Kier molecular flexibility index (Phi) is 8.37. The number of carbonyl (C=O) groups excluding carboxylic acids is 2. The molecule has 3 rings (SSSR count). The van der Waals surface area contributed by atoms with Gasteiger partial charge in [0.05, 0.1) is 20.1 Å².